The van der Waals surface area contributed by atoms with E-state index in [1.807, 2.05) is 13.0 Å². The van der Waals surface area contributed by atoms with Gasteiger partial charge in [0.2, 0.25) is 0 Å². The molecule has 0 saturated carbocycles. The summed E-state index contributed by atoms with van der Waals surface area (Å²) in [6.45, 7) is 3.64. The lowest BCUT2D eigenvalue weighted by atomic mass is 10.1. The molecule has 2 aromatic carbocycles. The SMILES string of the molecule is Cc1cc(N=S(C)(C)=O)cc2ncnc(Nc3ccc(F)cc3OCC(=O)N3CCOCC3)c12. The van der Waals surface area contributed by atoms with Crippen molar-refractivity contribution in [3.05, 3.63) is 48.0 Å². The smallest absolute Gasteiger partial charge is 0.260 e. The molecule has 3 aromatic rings. The zero-order valence-electron chi connectivity index (χ0n) is 19.2. The summed E-state index contributed by atoms with van der Waals surface area (Å²) in [5, 5.41) is 3.92. The summed E-state index contributed by atoms with van der Waals surface area (Å²) in [6, 6.07) is 7.60. The third kappa shape index (κ3) is 5.78. The molecular formula is C23H26FN5O4S. The van der Waals surface area contributed by atoms with Crippen molar-refractivity contribution < 1.29 is 22.9 Å². The van der Waals surface area contributed by atoms with E-state index >= 15 is 0 Å². The second-order valence-electron chi connectivity index (χ2n) is 8.20. The summed E-state index contributed by atoms with van der Waals surface area (Å²) < 4.78 is 41.3. The largest absolute Gasteiger partial charge is 0.481 e. The van der Waals surface area contributed by atoms with E-state index < -0.39 is 15.5 Å². The minimum atomic E-state index is -2.33. The molecule has 1 aromatic heterocycles. The Balaban J connectivity index is 1.62. The van der Waals surface area contributed by atoms with E-state index in [0.29, 0.717) is 49.0 Å². The van der Waals surface area contributed by atoms with Crippen LogP contribution in [0, 0.1) is 12.7 Å². The molecule has 1 aliphatic rings. The number of nitrogens with zero attached hydrogens (tertiary/aromatic N) is 4. The van der Waals surface area contributed by atoms with Crippen LogP contribution in [0.4, 0.5) is 21.6 Å². The van der Waals surface area contributed by atoms with Crippen LogP contribution in [0.25, 0.3) is 10.9 Å². The van der Waals surface area contributed by atoms with E-state index in [-0.39, 0.29) is 18.3 Å². The van der Waals surface area contributed by atoms with Crippen LogP contribution in [-0.2, 0) is 19.3 Å². The van der Waals surface area contributed by atoms with E-state index in [2.05, 4.69) is 19.6 Å². The Morgan fingerprint density at radius 2 is 2.00 bits per heavy atom. The average Bonchev–Trinajstić information content (AvgIpc) is 2.78. The molecule has 4 rings (SSSR count). The van der Waals surface area contributed by atoms with Gasteiger partial charge in [-0.15, -0.1) is 0 Å². The molecule has 0 aliphatic carbocycles. The topological polar surface area (TPSA) is 106 Å². The van der Waals surface area contributed by atoms with Crippen molar-refractivity contribution in [2.24, 2.45) is 4.36 Å². The normalized spacial score (nSPS) is 14.2. The molecule has 0 spiro atoms. The predicted octanol–water partition coefficient (Wildman–Crippen LogP) is 3.42. The molecular weight excluding hydrogens is 461 g/mol. The minimum absolute atomic E-state index is 0.189. The molecule has 180 valence electrons. The van der Waals surface area contributed by atoms with Gasteiger partial charge in [0, 0.05) is 46.8 Å². The summed E-state index contributed by atoms with van der Waals surface area (Å²) in [4.78, 5) is 22.8. The number of carbonyl (C=O) groups excluding carboxylic acids is 1. The van der Waals surface area contributed by atoms with Crippen molar-refractivity contribution in [2.45, 2.75) is 6.92 Å². The first kappa shape index (κ1) is 23.8. The highest BCUT2D eigenvalue weighted by molar-refractivity contribution is 7.92. The maximum Gasteiger partial charge on any atom is 0.260 e. The number of rotatable bonds is 6. The maximum atomic E-state index is 14.0. The third-order valence-electron chi connectivity index (χ3n) is 5.16. The molecule has 2 heterocycles. The van der Waals surface area contributed by atoms with Gasteiger partial charge in [-0.1, -0.05) is 0 Å². The van der Waals surface area contributed by atoms with E-state index in [0.717, 1.165) is 10.9 Å². The maximum absolute atomic E-state index is 14.0. The van der Waals surface area contributed by atoms with Crippen molar-refractivity contribution in [1.29, 1.82) is 0 Å². The number of anilines is 2. The number of aromatic nitrogens is 2. The Kier molecular flexibility index (Phi) is 6.94. The van der Waals surface area contributed by atoms with Gasteiger partial charge >= 0.3 is 0 Å². The molecule has 1 N–H and O–H groups in total. The number of nitrogens with one attached hydrogen (secondary N) is 1. The molecule has 1 amide bonds. The molecule has 1 fully saturated rings. The first-order valence-corrected chi connectivity index (χ1v) is 13.0. The van der Waals surface area contributed by atoms with E-state index in [1.165, 1.54) is 24.5 Å². The molecule has 0 radical (unpaired) electrons. The Hall–Kier alpha value is -3.31. The van der Waals surface area contributed by atoms with Gasteiger partial charge in [0.15, 0.2) is 6.61 Å². The number of morpholine rings is 1. The van der Waals surface area contributed by atoms with Crippen molar-refractivity contribution in [1.82, 2.24) is 14.9 Å². The Labute approximate surface area is 197 Å². The highest BCUT2D eigenvalue weighted by Crippen LogP contribution is 2.33. The van der Waals surface area contributed by atoms with Crippen LogP contribution in [-0.4, -0.2) is 70.4 Å². The number of aryl methyl sites for hydroxylation is 1. The van der Waals surface area contributed by atoms with Gasteiger partial charge in [-0.3, -0.25) is 4.79 Å². The zero-order valence-corrected chi connectivity index (χ0v) is 20.0. The van der Waals surface area contributed by atoms with Gasteiger partial charge < -0.3 is 19.7 Å². The molecule has 0 bridgehead atoms. The third-order valence-corrected chi connectivity index (χ3v) is 5.81. The number of benzene rings is 2. The number of fused-ring (bicyclic) bond motifs is 1. The highest BCUT2D eigenvalue weighted by Gasteiger charge is 2.18. The van der Waals surface area contributed by atoms with Crippen LogP contribution in [0.2, 0.25) is 0 Å². The summed E-state index contributed by atoms with van der Waals surface area (Å²) in [7, 11) is -2.33. The van der Waals surface area contributed by atoms with Crippen LogP contribution < -0.4 is 10.1 Å². The van der Waals surface area contributed by atoms with Gasteiger partial charge in [0.1, 0.15) is 23.7 Å². The van der Waals surface area contributed by atoms with Crippen LogP contribution in [0.5, 0.6) is 5.75 Å². The predicted molar refractivity (Wildman–Crippen MR) is 129 cm³/mol. The van der Waals surface area contributed by atoms with Gasteiger partial charge in [-0.05, 0) is 36.8 Å². The fourth-order valence-corrected chi connectivity index (χ4v) is 4.28. The number of hydrogen-bond acceptors (Lipinski definition) is 8. The zero-order chi connectivity index (χ0) is 24.3. The molecule has 34 heavy (non-hydrogen) atoms. The van der Waals surface area contributed by atoms with Crippen LogP contribution >= 0.6 is 0 Å². The summed E-state index contributed by atoms with van der Waals surface area (Å²) >= 11 is 0. The Morgan fingerprint density at radius 1 is 1.24 bits per heavy atom. The van der Waals surface area contributed by atoms with Crippen molar-refractivity contribution in [3.8, 4) is 5.75 Å². The fourth-order valence-electron chi connectivity index (χ4n) is 3.66. The standard InChI is InChI=1S/C23H26FN5O4S/c1-15-10-17(28-34(2,3)31)12-19-22(15)23(26-14-25-19)27-18-5-4-16(24)11-20(18)33-13-21(30)29-6-8-32-9-7-29/h4-5,10-12,14H,6-9,13H2,1-3H3,(H,25,26,27). The Morgan fingerprint density at radius 3 is 2.74 bits per heavy atom. The molecule has 0 atom stereocenters. The molecule has 11 heteroatoms. The van der Waals surface area contributed by atoms with Gasteiger partial charge in [-0.25, -0.2) is 18.6 Å². The first-order chi connectivity index (χ1) is 16.2. The molecule has 1 aliphatic heterocycles. The van der Waals surface area contributed by atoms with E-state index in [9.17, 15) is 13.4 Å². The number of amides is 1. The summed E-state index contributed by atoms with van der Waals surface area (Å²) in [6.07, 6.45) is 4.54. The number of halogens is 1. The van der Waals surface area contributed by atoms with E-state index in [4.69, 9.17) is 9.47 Å². The fraction of sp³-hybridized carbons (Fsp3) is 0.348. The number of ether oxygens (including phenoxy) is 2. The lowest BCUT2D eigenvalue weighted by molar-refractivity contribution is -0.137. The monoisotopic (exact) mass is 487 g/mol. The lowest BCUT2D eigenvalue weighted by Gasteiger charge is -2.26. The van der Waals surface area contributed by atoms with Crippen molar-refractivity contribution in [3.63, 3.8) is 0 Å². The molecule has 9 nitrogen and oxygen atoms in total. The minimum Gasteiger partial charge on any atom is -0.481 e. The Bertz CT molecular complexity index is 1340. The summed E-state index contributed by atoms with van der Waals surface area (Å²) in [5.41, 5.74) is 2.47. The van der Waals surface area contributed by atoms with Crippen LogP contribution in [0.1, 0.15) is 5.56 Å². The molecule has 0 unspecified atom stereocenters. The van der Waals surface area contributed by atoms with Gasteiger partial charge in [0.25, 0.3) is 5.91 Å². The van der Waals surface area contributed by atoms with Crippen molar-refractivity contribution in [2.75, 3.05) is 50.7 Å². The number of carbonyl (C=O) groups is 1. The summed E-state index contributed by atoms with van der Waals surface area (Å²) in [5.74, 6) is -0.00767. The highest BCUT2D eigenvalue weighted by atomic mass is 32.2. The number of hydrogen-bond donors (Lipinski definition) is 1. The molecule has 1 saturated heterocycles. The van der Waals surface area contributed by atoms with Crippen LogP contribution in [0.15, 0.2) is 41.0 Å². The lowest BCUT2D eigenvalue weighted by Crippen LogP contribution is -2.43. The second kappa shape index (κ2) is 9.90. The average molecular weight is 488 g/mol. The second-order valence-corrected chi connectivity index (χ2v) is 10.7. The quantitative estimate of drug-likeness (QED) is 0.568. The van der Waals surface area contributed by atoms with Gasteiger partial charge in [0.05, 0.1) is 30.1 Å². The first-order valence-electron chi connectivity index (χ1n) is 10.7. The van der Waals surface area contributed by atoms with Crippen molar-refractivity contribution >= 4 is 43.7 Å². The van der Waals surface area contributed by atoms with Crippen LogP contribution in [0.3, 0.4) is 0 Å². The van der Waals surface area contributed by atoms with Gasteiger partial charge in [-0.2, -0.15) is 4.36 Å². The van der Waals surface area contributed by atoms with E-state index in [1.54, 1.807) is 23.5 Å².